The Kier molecular flexibility index (Phi) is 5.71. The molecule has 1 aromatic heterocycles. The fourth-order valence-corrected chi connectivity index (χ4v) is 2.65. The number of aromatic hydroxyl groups is 1. The molecule has 140 valence electrons. The molecule has 3 rings (SSSR count). The number of phenolic OH excluding ortho intramolecular Hbond substituents is 1. The highest BCUT2D eigenvalue weighted by Crippen LogP contribution is 2.25. The molecule has 0 aliphatic carbocycles. The van der Waals surface area contributed by atoms with Crippen LogP contribution in [0.2, 0.25) is 0 Å². The molecule has 2 N–H and O–H groups in total. The van der Waals surface area contributed by atoms with E-state index in [1.165, 1.54) is 24.5 Å². The van der Waals surface area contributed by atoms with Crippen molar-refractivity contribution in [3.05, 3.63) is 65.7 Å². The van der Waals surface area contributed by atoms with Gasteiger partial charge in [0, 0.05) is 23.6 Å². The molecular weight excluding hydrogens is 353 g/mol. The highest BCUT2D eigenvalue weighted by Gasteiger charge is 2.13. The number of hydrogen-bond donors (Lipinski definition) is 2. The van der Waals surface area contributed by atoms with Crippen molar-refractivity contribution in [1.29, 1.82) is 0 Å². The third-order valence-electron chi connectivity index (χ3n) is 4.01. The van der Waals surface area contributed by atoms with Crippen LogP contribution in [0.4, 0.5) is 4.39 Å². The van der Waals surface area contributed by atoms with Crippen molar-refractivity contribution in [1.82, 2.24) is 5.32 Å². The van der Waals surface area contributed by atoms with Crippen LogP contribution in [-0.2, 0) is 27.2 Å². The summed E-state index contributed by atoms with van der Waals surface area (Å²) in [6.07, 6.45) is 1.71. The lowest BCUT2D eigenvalue weighted by molar-refractivity contribution is -0.147. The van der Waals surface area contributed by atoms with Crippen molar-refractivity contribution in [3.8, 4) is 5.75 Å². The minimum atomic E-state index is -0.574. The molecule has 0 saturated carbocycles. The number of nitrogens with one attached hydrogen (secondary N) is 1. The number of carbonyl (C=O) groups excluding carboxylic acids is 2. The number of amides is 1. The van der Waals surface area contributed by atoms with Gasteiger partial charge in [0.25, 0.3) is 5.91 Å². The van der Waals surface area contributed by atoms with E-state index >= 15 is 0 Å². The third-order valence-corrected chi connectivity index (χ3v) is 4.01. The largest absolute Gasteiger partial charge is 0.508 e. The monoisotopic (exact) mass is 371 g/mol. The van der Waals surface area contributed by atoms with Crippen LogP contribution in [0, 0.1) is 5.82 Å². The van der Waals surface area contributed by atoms with E-state index in [4.69, 9.17) is 9.15 Å². The summed E-state index contributed by atoms with van der Waals surface area (Å²) in [5.41, 5.74) is 1.58. The molecule has 0 bridgehead atoms. The molecule has 3 aromatic rings. The Bertz CT molecular complexity index is 966. The average Bonchev–Trinajstić information content (AvgIpc) is 3.03. The van der Waals surface area contributed by atoms with Crippen LogP contribution >= 0.6 is 0 Å². The van der Waals surface area contributed by atoms with Crippen LogP contribution in [0.3, 0.4) is 0 Å². The highest BCUT2D eigenvalue weighted by molar-refractivity contribution is 5.87. The molecule has 2 aromatic carbocycles. The van der Waals surface area contributed by atoms with Gasteiger partial charge < -0.3 is 19.6 Å². The second kappa shape index (κ2) is 8.35. The minimum Gasteiger partial charge on any atom is -0.508 e. The topological polar surface area (TPSA) is 88.8 Å². The Morgan fingerprint density at radius 3 is 2.78 bits per heavy atom. The Morgan fingerprint density at radius 2 is 1.96 bits per heavy atom. The van der Waals surface area contributed by atoms with Gasteiger partial charge in [-0.2, -0.15) is 0 Å². The first kappa shape index (κ1) is 18.4. The molecule has 0 unspecified atom stereocenters. The maximum Gasteiger partial charge on any atom is 0.310 e. The van der Waals surface area contributed by atoms with Crippen molar-refractivity contribution in [2.75, 3.05) is 13.2 Å². The molecule has 0 fully saturated rings. The van der Waals surface area contributed by atoms with Crippen LogP contribution < -0.4 is 5.32 Å². The maximum absolute atomic E-state index is 13.5. The van der Waals surface area contributed by atoms with Gasteiger partial charge in [0.05, 0.1) is 12.7 Å². The number of hydrogen-bond acceptors (Lipinski definition) is 5. The predicted molar refractivity (Wildman–Crippen MR) is 95.7 cm³/mol. The zero-order valence-electron chi connectivity index (χ0n) is 14.4. The van der Waals surface area contributed by atoms with Crippen LogP contribution in [0.1, 0.15) is 11.1 Å². The second-order valence-electron chi connectivity index (χ2n) is 5.97. The first-order valence-electron chi connectivity index (χ1n) is 8.38. The Balaban J connectivity index is 1.43. The number of esters is 1. The van der Waals surface area contributed by atoms with Gasteiger partial charge in [-0.3, -0.25) is 9.59 Å². The summed E-state index contributed by atoms with van der Waals surface area (Å²) in [6, 6.07) is 10.9. The van der Waals surface area contributed by atoms with Gasteiger partial charge in [0.15, 0.2) is 6.61 Å². The fraction of sp³-hybridized carbons (Fsp3) is 0.200. The summed E-state index contributed by atoms with van der Waals surface area (Å²) in [7, 11) is 0. The van der Waals surface area contributed by atoms with Crippen molar-refractivity contribution >= 4 is 22.8 Å². The van der Waals surface area contributed by atoms with Gasteiger partial charge in [-0.15, -0.1) is 0 Å². The van der Waals surface area contributed by atoms with E-state index < -0.39 is 18.5 Å². The zero-order valence-corrected chi connectivity index (χ0v) is 14.4. The van der Waals surface area contributed by atoms with E-state index in [0.717, 1.165) is 0 Å². The molecular formula is C20H18FNO5. The number of ether oxygens (including phenoxy) is 1. The number of rotatable bonds is 7. The molecule has 0 radical (unpaired) electrons. The van der Waals surface area contributed by atoms with Crippen molar-refractivity contribution in [2.24, 2.45) is 0 Å². The smallest absolute Gasteiger partial charge is 0.310 e. The van der Waals surface area contributed by atoms with Crippen molar-refractivity contribution in [3.63, 3.8) is 0 Å². The van der Waals surface area contributed by atoms with Gasteiger partial charge >= 0.3 is 5.97 Å². The number of phenols is 1. The first-order chi connectivity index (χ1) is 13.0. The summed E-state index contributed by atoms with van der Waals surface area (Å²) >= 11 is 0. The summed E-state index contributed by atoms with van der Waals surface area (Å²) in [4.78, 5) is 23.7. The molecule has 0 saturated heterocycles. The van der Waals surface area contributed by atoms with Gasteiger partial charge in [-0.1, -0.05) is 18.2 Å². The molecule has 0 aliphatic rings. The second-order valence-corrected chi connectivity index (χ2v) is 5.97. The maximum atomic E-state index is 13.5. The number of carbonyl (C=O) groups is 2. The molecule has 0 spiro atoms. The van der Waals surface area contributed by atoms with E-state index in [-0.39, 0.29) is 24.5 Å². The van der Waals surface area contributed by atoms with Gasteiger partial charge in [-0.25, -0.2) is 4.39 Å². The Labute approximate surface area is 154 Å². The fourth-order valence-electron chi connectivity index (χ4n) is 2.65. The van der Waals surface area contributed by atoms with Gasteiger partial charge in [-0.05, 0) is 30.2 Å². The molecule has 7 heteroatoms. The van der Waals surface area contributed by atoms with E-state index in [1.54, 1.807) is 24.3 Å². The van der Waals surface area contributed by atoms with Crippen LogP contribution in [0.5, 0.6) is 5.75 Å². The summed E-state index contributed by atoms with van der Waals surface area (Å²) < 4.78 is 23.7. The quantitative estimate of drug-likeness (QED) is 0.624. The molecule has 0 aliphatic heterocycles. The number of furan rings is 1. The minimum absolute atomic E-state index is 0.0553. The van der Waals surface area contributed by atoms with E-state index in [0.29, 0.717) is 28.5 Å². The van der Waals surface area contributed by atoms with Crippen LogP contribution in [0.25, 0.3) is 11.0 Å². The van der Waals surface area contributed by atoms with Gasteiger partial charge in [0.2, 0.25) is 0 Å². The Morgan fingerprint density at radius 1 is 1.15 bits per heavy atom. The molecule has 1 heterocycles. The normalized spacial score (nSPS) is 10.7. The SMILES string of the molecule is O=C(COC(=O)Cc1coc2cc(O)ccc12)NCCc1ccccc1F. The Hall–Kier alpha value is -3.35. The third kappa shape index (κ3) is 4.84. The van der Waals surface area contributed by atoms with Crippen molar-refractivity contribution < 1.29 is 28.2 Å². The lowest BCUT2D eigenvalue weighted by Gasteiger charge is -2.07. The summed E-state index contributed by atoms with van der Waals surface area (Å²) in [5, 5.41) is 12.7. The van der Waals surface area contributed by atoms with E-state index in [1.807, 2.05) is 0 Å². The van der Waals surface area contributed by atoms with Crippen LogP contribution in [-0.4, -0.2) is 30.1 Å². The van der Waals surface area contributed by atoms with Crippen LogP contribution in [0.15, 0.2) is 53.1 Å². The average molecular weight is 371 g/mol. The van der Waals surface area contributed by atoms with E-state index in [2.05, 4.69) is 5.32 Å². The first-order valence-corrected chi connectivity index (χ1v) is 8.38. The number of halogens is 1. The molecule has 0 atom stereocenters. The molecule has 27 heavy (non-hydrogen) atoms. The highest BCUT2D eigenvalue weighted by atomic mass is 19.1. The van der Waals surface area contributed by atoms with Gasteiger partial charge in [0.1, 0.15) is 17.1 Å². The lowest BCUT2D eigenvalue weighted by atomic mass is 10.1. The lowest BCUT2D eigenvalue weighted by Crippen LogP contribution is -2.30. The standard InChI is InChI=1S/C20H18FNO5/c21-17-4-2-1-3-13(17)7-8-22-19(24)12-27-20(25)9-14-11-26-18-10-15(23)5-6-16(14)18/h1-6,10-11,23H,7-9,12H2,(H,22,24). The molecule has 1 amide bonds. The zero-order chi connectivity index (χ0) is 19.2. The molecule has 6 nitrogen and oxygen atoms in total. The predicted octanol–water partition coefficient (Wildman–Crippen LogP) is 2.72. The number of fused-ring (bicyclic) bond motifs is 1. The van der Waals surface area contributed by atoms with Crippen molar-refractivity contribution in [2.45, 2.75) is 12.8 Å². The van der Waals surface area contributed by atoms with E-state index in [9.17, 15) is 19.1 Å². The summed E-state index contributed by atoms with van der Waals surface area (Å²) in [6.45, 7) is -0.167. The number of benzene rings is 2. The summed E-state index contributed by atoms with van der Waals surface area (Å²) in [5.74, 6) is -1.28.